The van der Waals surface area contributed by atoms with Crippen LogP contribution in [0.4, 0.5) is 13.2 Å². The Morgan fingerprint density at radius 1 is 1.47 bits per heavy atom. The Morgan fingerprint density at radius 2 is 2.13 bits per heavy atom. The van der Waals surface area contributed by atoms with Crippen LogP contribution in [0.15, 0.2) is 18.3 Å². The molecule has 0 fully saturated rings. The van der Waals surface area contributed by atoms with E-state index in [-0.39, 0.29) is 18.5 Å². The van der Waals surface area contributed by atoms with Gasteiger partial charge >= 0.3 is 6.18 Å². The van der Waals surface area contributed by atoms with Crippen molar-refractivity contribution >= 4 is 0 Å². The minimum Gasteiger partial charge on any atom is -0.393 e. The van der Waals surface area contributed by atoms with Crippen LogP contribution < -0.4 is 0 Å². The van der Waals surface area contributed by atoms with Gasteiger partial charge in [0, 0.05) is 6.20 Å². The monoisotopic (exact) mass is 219 g/mol. The summed E-state index contributed by atoms with van der Waals surface area (Å²) in [5, 5.41) is 9.00. The molecular weight excluding hydrogens is 207 g/mol. The van der Waals surface area contributed by atoms with E-state index in [1.807, 2.05) is 0 Å². The molecule has 1 atom stereocenters. The maximum absolute atomic E-state index is 12.5. The first-order chi connectivity index (χ1) is 6.91. The number of alkyl halides is 3. The van der Waals surface area contributed by atoms with E-state index < -0.39 is 17.8 Å². The third-order valence-electron chi connectivity index (χ3n) is 1.99. The smallest absolute Gasteiger partial charge is 0.393 e. The number of aryl methyl sites for hydroxylation is 1. The minimum absolute atomic E-state index is 0.00843. The first-order valence-electron chi connectivity index (χ1n) is 4.60. The number of hydrogen-bond acceptors (Lipinski definition) is 2. The van der Waals surface area contributed by atoms with Crippen LogP contribution in [-0.4, -0.2) is 16.2 Å². The number of aliphatic hydroxyl groups is 1. The minimum atomic E-state index is -4.37. The van der Waals surface area contributed by atoms with Crippen molar-refractivity contribution in [1.82, 2.24) is 4.98 Å². The molecule has 0 aliphatic carbocycles. The summed E-state index contributed by atoms with van der Waals surface area (Å²) in [5.41, 5.74) is -0.725. The van der Waals surface area contributed by atoms with Crippen LogP contribution in [0.1, 0.15) is 24.6 Å². The SMILES string of the molecule is CC(O)CCc1ncccc1C(F)(F)F. The number of nitrogens with zero attached hydrogens (tertiary/aromatic N) is 1. The van der Waals surface area contributed by atoms with Crippen molar-refractivity contribution in [2.24, 2.45) is 0 Å². The van der Waals surface area contributed by atoms with Crippen LogP contribution in [0.5, 0.6) is 0 Å². The summed E-state index contributed by atoms with van der Waals surface area (Å²) in [6.45, 7) is 1.54. The van der Waals surface area contributed by atoms with Crippen LogP contribution in [0, 0.1) is 0 Å². The van der Waals surface area contributed by atoms with Crippen molar-refractivity contribution in [3.63, 3.8) is 0 Å². The largest absolute Gasteiger partial charge is 0.418 e. The average Bonchev–Trinajstić information content (AvgIpc) is 2.13. The molecule has 1 rings (SSSR count). The van der Waals surface area contributed by atoms with E-state index in [2.05, 4.69) is 4.98 Å². The van der Waals surface area contributed by atoms with Gasteiger partial charge in [-0.25, -0.2) is 0 Å². The van der Waals surface area contributed by atoms with Crippen molar-refractivity contribution in [2.45, 2.75) is 32.0 Å². The van der Waals surface area contributed by atoms with Gasteiger partial charge in [0.2, 0.25) is 0 Å². The lowest BCUT2D eigenvalue weighted by molar-refractivity contribution is -0.138. The maximum Gasteiger partial charge on any atom is 0.418 e. The van der Waals surface area contributed by atoms with E-state index in [1.165, 1.54) is 19.2 Å². The molecule has 1 heterocycles. The first kappa shape index (κ1) is 12.0. The number of aromatic nitrogens is 1. The highest BCUT2D eigenvalue weighted by molar-refractivity contribution is 5.23. The van der Waals surface area contributed by atoms with Gasteiger partial charge < -0.3 is 5.11 Å². The highest BCUT2D eigenvalue weighted by Gasteiger charge is 2.33. The van der Waals surface area contributed by atoms with Crippen LogP contribution >= 0.6 is 0 Å². The van der Waals surface area contributed by atoms with E-state index in [0.717, 1.165) is 6.07 Å². The molecular formula is C10H12F3NO. The summed E-state index contributed by atoms with van der Waals surface area (Å²) in [6, 6.07) is 2.26. The molecule has 0 saturated heterocycles. The van der Waals surface area contributed by atoms with E-state index in [0.29, 0.717) is 0 Å². The molecule has 5 heteroatoms. The quantitative estimate of drug-likeness (QED) is 0.846. The van der Waals surface area contributed by atoms with Gasteiger partial charge in [0.15, 0.2) is 0 Å². The summed E-state index contributed by atoms with van der Waals surface area (Å²) in [4.78, 5) is 3.69. The van der Waals surface area contributed by atoms with Gasteiger partial charge in [0.1, 0.15) is 0 Å². The molecule has 15 heavy (non-hydrogen) atoms. The van der Waals surface area contributed by atoms with Gasteiger partial charge in [-0.1, -0.05) is 0 Å². The number of aliphatic hydroxyl groups excluding tert-OH is 1. The molecule has 1 N–H and O–H groups in total. The number of rotatable bonds is 3. The Morgan fingerprint density at radius 3 is 2.67 bits per heavy atom. The number of halogens is 3. The zero-order valence-corrected chi connectivity index (χ0v) is 8.25. The molecule has 1 aromatic heterocycles. The Labute approximate surface area is 85.8 Å². The lowest BCUT2D eigenvalue weighted by Gasteiger charge is -2.11. The highest BCUT2D eigenvalue weighted by atomic mass is 19.4. The summed E-state index contributed by atoms with van der Waals surface area (Å²) in [6.07, 6.45) is -3.25. The third kappa shape index (κ3) is 3.51. The van der Waals surface area contributed by atoms with Crippen LogP contribution in [-0.2, 0) is 12.6 Å². The molecule has 0 aliphatic rings. The Bertz CT molecular complexity index is 323. The van der Waals surface area contributed by atoms with Gasteiger partial charge in [0.25, 0.3) is 0 Å². The number of pyridine rings is 1. The predicted molar refractivity (Wildman–Crippen MR) is 49.2 cm³/mol. The fourth-order valence-electron chi connectivity index (χ4n) is 1.24. The van der Waals surface area contributed by atoms with Crippen molar-refractivity contribution < 1.29 is 18.3 Å². The van der Waals surface area contributed by atoms with Crippen molar-refractivity contribution in [2.75, 3.05) is 0 Å². The van der Waals surface area contributed by atoms with Gasteiger partial charge in [0.05, 0.1) is 17.4 Å². The van der Waals surface area contributed by atoms with Crippen LogP contribution in [0.3, 0.4) is 0 Å². The highest BCUT2D eigenvalue weighted by Crippen LogP contribution is 2.31. The standard InChI is InChI=1S/C10H12F3NO/c1-7(15)4-5-9-8(10(11,12)13)3-2-6-14-9/h2-3,6-7,15H,4-5H2,1H3. The Kier molecular flexibility index (Phi) is 3.68. The summed E-state index contributed by atoms with van der Waals surface area (Å²) >= 11 is 0. The molecule has 0 aromatic carbocycles. The molecule has 0 radical (unpaired) electrons. The molecule has 1 aromatic rings. The van der Waals surface area contributed by atoms with E-state index in [1.54, 1.807) is 0 Å². The fourth-order valence-corrected chi connectivity index (χ4v) is 1.24. The molecule has 1 unspecified atom stereocenters. The van der Waals surface area contributed by atoms with Crippen LogP contribution in [0.25, 0.3) is 0 Å². The Balaban J connectivity index is 2.87. The first-order valence-corrected chi connectivity index (χ1v) is 4.60. The second kappa shape index (κ2) is 4.61. The molecule has 2 nitrogen and oxygen atoms in total. The van der Waals surface area contributed by atoms with Gasteiger partial charge in [-0.3, -0.25) is 4.98 Å². The molecule has 84 valence electrons. The van der Waals surface area contributed by atoms with E-state index in [9.17, 15) is 13.2 Å². The van der Waals surface area contributed by atoms with Crippen molar-refractivity contribution in [1.29, 1.82) is 0 Å². The zero-order chi connectivity index (χ0) is 11.5. The maximum atomic E-state index is 12.5. The summed E-state index contributed by atoms with van der Waals surface area (Å²) < 4.78 is 37.4. The van der Waals surface area contributed by atoms with Crippen LogP contribution in [0.2, 0.25) is 0 Å². The van der Waals surface area contributed by atoms with Gasteiger partial charge in [-0.05, 0) is 31.9 Å². The topological polar surface area (TPSA) is 33.1 Å². The third-order valence-corrected chi connectivity index (χ3v) is 1.99. The normalized spacial score (nSPS) is 13.9. The molecule has 0 aliphatic heterocycles. The summed E-state index contributed by atoms with van der Waals surface area (Å²) in [5.74, 6) is 0. The second-order valence-corrected chi connectivity index (χ2v) is 3.38. The van der Waals surface area contributed by atoms with Gasteiger partial charge in [-0.2, -0.15) is 13.2 Å². The van der Waals surface area contributed by atoms with Crippen molar-refractivity contribution in [3.05, 3.63) is 29.6 Å². The van der Waals surface area contributed by atoms with Crippen molar-refractivity contribution in [3.8, 4) is 0 Å². The molecule has 0 spiro atoms. The van der Waals surface area contributed by atoms with E-state index in [4.69, 9.17) is 5.11 Å². The predicted octanol–water partition coefficient (Wildman–Crippen LogP) is 2.41. The van der Waals surface area contributed by atoms with Gasteiger partial charge in [-0.15, -0.1) is 0 Å². The summed E-state index contributed by atoms with van der Waals surface area (Å²) in [7, 11) is 0. The lowest BCUT2D eigenvalue weighted by Crippen LogP contribution is -2.12. The lowest BCUT2D eigenvalue weighted by atomic mass is 10.1. The number of hydrogen-bond donors (Lipinski definition) is 1. The molecule has 0 bridgehead atoms. The average molecular weight is 219 g/mol. The second-order valence-electron chi connectivity index (χ2n) is 3.38. The fraction of sp³-hybridized carbons (Fsp3) is 0.500. The molecule has 0 saturated carbocycles. The van der Waals surface area contributed by atoms with E-state index >= 15 is 0 Å². The zero-order valence-electron chi connectivity index (χ0n) is 8.25. The Hall–Kier alpha value is -1.10. The molecule has 0 amide bonds.